The molecule has 1 aliphatic rings. The van der Waals surface area contributed by atoms with E-state index in [1.165, 1.54) is 43.2 Å². The minimum atomic E-state index is 0.503. The van der Waals surface area contributed by atoms with Gasteiger partial charge in [-0.05, 0) is 37.8 Å². The number of aryl methyl sites for hydroxylation is 2. The Morgan fingerprint density at radius 3 is 2.29 bits per heavy atom. The number of nitrogens with two attached hydrogens (primary N) is 1. The molecule has 0 aromatic heterocycles. The molecule has 0 atom stereocenters. The average Bonchev–Trinajstić information content (AvgIpc) is 2.35. The molecule has 2 heteroatoms. The summed E-state index contributed by atoms with van der Waals surface area (Å²) in [6.45, 7) is 4.19. The number of hydrogen-bond donors (Lipinski definition) is 1. The smallest absolute Gasteiger partial charge is 0.103 e. The largest absolute Gasteiger partial charge is 0.387 e. The highest BCUT2D eigenvalue weighted by Crippen LogP contribution is 2.27. The Kier molecular flexibility index (Phi) is 3.82. The highest BCUT2D eigenvalue weighted by Gasteiger charge is 2.17. The minimum absolute atomic E-state index is 0.503. The molecule has 1 saturated carbocycles. The van der Waals surface area contributed by atoms with Crippen molar-refractivity contribution in [2.24, 2.45) is 16.6 Å². The first-order valence-electron chi connectivity index (χ1n) is 6.59. The Balaban J connectivity index is 2.22. The second-order valence-electron chi connectivity index (χ2n) is 5.11. The molecule has 0 unspecified atom stereocenters. The molecule has 1 aromatic carbocycles. The van der Waals surface area contributed by atoms with E-state index in [0.717, 1.165) is 11.5 Å². The van der Waals surface area contributed by atoms with Gasteiger partial charge in [-0.1, -0.05) is 37.5 Å². The molecule has 92 valence electrons. The maximum atomic E-state index is 6.17. The molecule has 0 heterocycles. The molecule has 2 N–H and O–H groups in total. The van der Waals surface area contributed by atoms with Crippen LogP contribution in [0, 0.1) is 19.8 Å². The Morgan fingerprint density at radius 2 is 1.71 bits per heavy atom. The fraction of sp³-hybridized carbons (Fsp3) is 0.533. The summed E-state index contributed by atoms with van der Waals surface area (Å²) in [4.78, 5) is 4.68. The molecule has 2 nitrogen and oxygen atoms in total. The number of rotatable bonds is 2. The predicted octanol–water partition coefficient (Wildman–Crippen LogP) is 3.87. The highest BCUT2D eigenvalue weighted by atomic mass is 14.9. The third-order valence-corrected chi connectivity index (χ3v) is 3.70. The SMILES string of the molecule is Cc1cccc(C)c1N=C(N)C1CCCCC1. The molecule has 1 aromatic rings. The Hall–Kier alpha value is -1.31. The fourth-order valence-electron chi connectivity index (χ4n) is 2.60. The average molecular weight is 230 g/mol. The molecule has 0 amide bonds. The number of amidine groups is 1. The maximum absolute atomic E-state index is 6.17. The van der Waals surface area contributed by atoms with Crippen LogP contribution in [0.4, 0.5) is 5.69 Å². The van der Waals surface area contributed by atoms with Crippen molar-refractivity contribution in [3.05, 3.63) is 29.3 Å². The van der Waals surface area contributed by atoms with Crippen molar-refractivity contribution >= 4 is 11.5 Å². The minimum Gasteiger partial charge on any atom is -0.387 e. The van der Waals surface area contributed by atoms with Gasteiger partial charge in [0, 0.05) is 5.92 Å². The van der Waals surface area contributed by atoms with Crippen LogP contribution in [0.25, 0.3) is 0 Å². The lowest BCUT2D eigenvalue weighted by Crippen LogP contribution is -2.25. The second kappa shape index (κ2) is 5.35. The van der Waals surface area contributed by atoms with Crippen molar-refractivity contribution in [1.82, 2.24) is 0 Å². The van der Waals surface area contributed by atoms with Gasteiger partial charge in [-0.3, -0.25) is 0 Å². The van der Waals surface area contributed by atoms with Crippen LogP contribution in [0.2, 0.25) is 0 Å². The zero-order valence-corrected chi connectivity index (χ0v) is 10.9. The summed E-state index contributed by atoms with van der Waals surface area (Å²) in [5.74, 6) is 1.34. The van der Waals surface area contributed by atoms with E-state index in [1.54, 1.807) is 0 Å². The maximum Gasteiger partial charge on any atom is 0.103 e. The van der Waals surface area contributed by atoms with E-state index in [-0.39, 0.29) is 0 Å². The summed E-state index contributed by atoms with van der Waals surface area (Å²) < 4.78 is 0. The number of para-hydroxylation sites is 1. The van der Waals surface area contributed by atoms with Crippen molar-refractivity contribution in [2.75, 3.05) is 0 Å². The zero-order chi connectivity index (χ0) is 12.3. The first kappa shape index (κ1) is 12.2. The Bertz CT molecular complexity index is 395. The van der Waals surface area contributed by atoms with Gasteiger partial charge < -0.3 is 5.73 Å². The zero-order valence-electron chi connectivity index (χ0n) is 10.9. The van der Waals surface area contributed by atoms with Crippen LogP contribution in [0.3, 0.4) is 0 Å². The van der Waals surface area contributed by atoms with E-state index >= 15 is 0 Å². The molecule has 0 bridgehead atoms. The quantitative estimate of drug-likeness (QED) is 0.608. The monoisotopic (exact) mass is 230 g/mol. The second-order valence-corrected chi connectivity index (χ2v) is 5.11. The first-order chi connectivity index (χ1) is 8.18. The molecule has 2 rings (SSSR count). The molecule has 0 spiro atoms. The molecule has 0 saturated heterocycles. The van der Waals surface area contributed by atoms with E-state index in [0.29, 0.717) is 5.92 Å². The predicted molar refractivity (Wildman–Crippen MR) is 73.8 cm³/mol. The lowest BCUT2D eigenvalue weighted by molar-refractivity contribution is 0.437. The molecule has 0 radical (unpaired) electrons. The third-order valence-electron chi connectivity index (χ3n) is 3.70. The summed E-state index contributed by atoms with van der Waals surface area (Å²) in [6.07, 6.45) is 6.37. The van der Waals surface area contributed by atoms with Crippen LogP contribution in [0.15, 0.2) is 23.2 Å². The molecular formula is C15H22N2. The number of nitrogens with zero attached hydrogens (tertiary/aromatic N) is 1. The van der Waals surface area contributed by atoms with E-state index in [1.807, 2.05) is 0 Å². The van der Waals surface area contributed by atoms with Crippen LogP contribution in [0.5, 0.6) is 0 Å². The van der Waals surface area contributed by atoms with Crippen molar-refractivity contribution in [3.63, 3.8) is 0 Å². The van der Waals surface area contributed by atoms with E-state index in [9.17, 15) is 0 Å². The van der Waals surface area contributed by atoms with Crippen LogP contribution in [0.1, 0.15) is 43.2 Å². The van der Waals surface area contributed by atoms with Gasteiger partial charge in [-0.25, -0.2) is 4.99 Å². The van der Waals surface area contributed by atoms with Gasteiger partial charge in [0.2, 0.25) is 0 Å². The summed E-state index contributed by atoms with van der Waals surface area (Å²) in [7, 11) is 0. The highest BCUT2D eigenvalue weighted by molar-refractivity contribution is 5.86. The number of hydrogen-bond acceptors (Lipinski definition) is 1. The molecule has 17 heavy (non-hydrogen) atoms. The number of aliphatic imine (C=N–C) groups is 1. The standard InChI is InChI=1S/C15H22N2/c1-11-7-6-8-12(2)14(11)17-15(16)13-9-4-3-5-10-13/h6-8,13H,3-5,9-10H2,1-2H3,(H2,16,17). The number of benzene rings is 1. The van der Waals surface area contributed by atoms with Crippen LogP contribution < -0.4 is 5.73 Å². The summed E-state index contributed by atoms with van der Waals surface area (Å²) in [5, 5.41) is 0. The lowest BCUT2D eigenvalue weighted by Gasteiger charge is -2.21. The summed E-state index contributed by atoms with van der Waals surface area (Å²) in [5.41, 5.74) is 9.66. The molecule has 1 fully saturated rings. The van der Waals surface area contributed by atoms with Crippen LogP contribution in [-0.4, -0.2) is 5.84 Å². The molecular weight excluding hydrogens is 208 g/mol. The third kappa shape index (κ3) is 2.87. The topological polar surface area (TPSA) is 38.4 Å². The van der Waals surface area contributed by atoms with Gasteiger partial charge in [0.15, 0.2) is 0 Å². The van der Waals surface area contributed by atoms with Gasteiger partial charge in [0.05, 0.1) is 5.69 Å². The summed E-state index contributed by atoms with van der Waals surface area (Å²) in [6, 6.07) is 6.26. The Labute approximate surface area is 104 Å². The summed E-state index contributed by atoms with van der Waals surface area (Å²) >= 11 is 0. The van der Waals surface area contributed by atoms with Crippen molar-refractivity contribution in [3.8, 4) is 0 Å². The van der Waals surface area contributed by atoms with E-state index in [4.69, 9.17) is 5.73 Å². The van der Waals surface area contributed by atoms with Gasteiger partial charge >= 0.3 is 0 Å². The fourth-order valence-corrected chi connectivity index (χ4v) is 2.60. The first-order valence-corrected chi connectivity index (χ1v) is 6.59. The van der Waals surface area contributed by atoms with Gasteiger partial charge in [0.25, 0.3) is 0 Å². The molecule has 0 aliphatic heterocycles. The van der Waals surface area contributed by atoms with Crippen molar-refractivity contribution in [2.45, 2.75) is 46.0 Å². The van der Waals surface area contributed by atoms with Crippen LogP contribution in [-0.2, 0) is 0 Å². The van der Waals surface area contributed by atoms with Crippen molar-refractivity contribution < 1.29 is 0 Å². The normalized spacial score (nSPS) is 18.4. The van der Waals surface area contributed by atoms with Gasteiger partial charge in [0.1, 0.15) is 5.84 Å². The van der Waals surface area contributed by atoms with Crippen molar-refractivity contribution in [1.29, 1.82) is 0 Å². The van der Waals surface area contributed by atoms with Crippen LogP contribution >= 0.6 is 0 Å². The Morgan fingerprint density at radius 1 is 1.12 bits per heavy atom. The van der Waals surface area contributed by atoms with Gasteiger partial charge in [-0.15, -0.1) is 0 Å². The van der Waals surface area contributed by atoms with Gasteiger partial charge in [-0.2, -0.15) is 0 Å². The lowest BCUT2D eigenvalue weighted by atomic mass is 9.88. The van der Waals surface area contributed by atoms with E-state index < -0.39 is 0 Å². The molecule has 1 aliphatic carbocycles. The van der Waals surface area contributed by atoms with E-state index in [2.05, 4.69) is 37.0 Å².